The van der Waals surface area contributed by atoms with Crippen LogP contribution < -0.4 is 9.47 Å². The van der Waals surface area contributed by atoms with E-state index in [1.807, 2.05) is 13.8 Å². The zero-order chi connectivity index (χ0) is 17.2. The third kappa shape index (κ3) is 4.15. The number of carboxylic acid groups (broad SMARTS) is 1. The lowest BCUT2D eigenvalue weighted by molar-refractivity contribution is -0.145. The largest absolute Gasteiger partial charge is 0.497 e. The Bertz CT molecular complexity index is 589. The first kappa shape index (κ1) is 17.1. The van der Waals surface area contributed by atoms with E-state index in [-0.39, 0.29) is 30.3 Å². The van der Waals surface area contributed by atoms with Crippen LogP contribution in [-0.4, -0.2) is 42.6 Å². The van der Waals surface area contributed by atoms with Gasteiger partial charge in [0.15, 0.2) is 0 Å². The van der Waals surface area contributed by atoms with E-state index in [2.05, 4.69) is 0 Å². The summed E-state index contributed by atoms with van der Waals surface area (Å²) in [5.41, 5.74) is 0.731. The number of nitrogens with zero attached hydrogens (tertiary/aromatic N) is 1. The molecule has 0 spiro atoms. The van der Waals surface area contributed by atoms with E-state index in [4.69, 9.17) is 14.6 Å². The summed E-state index contributed by atoms with van der Waals surface area (Å²) in [6.07, 6.45) is 0.795. The van der Waals surface area contributed by atoms with E-state index in [1.54, 1.807) is 32.4 Å². The molecule has 1 N–H and O–H groups in total. The minimum Gasteiger partial charge on any atom is -0.497 e. The predicted molar refractivity (Wildman–Crippen MR) is 84.5 cm³/mol. The molecule has 1 saturated carbocycles. The number of methoxy groups -OCH3 is 2. The van der Waals surface area contributed by atoms with Gasteiger partial charge in [0.1, 0.15) is 18.0 Å². The average Bonchev–Trinajstić information content (AvgIpc) is 3.13. The molecule has 0 radical (unpaired) electrons. The molecule has 6 nitrogen and oxygen atoms in total. The van der Waals surface area contributed by atoms with Crippen molar-refractivity contribution in [3.63, 3.8) is 0 Å². The highest BCUT2D eigenvalue weighted by Gasteiger charge is 2.52. The van der Waals surface area contributed by atoms with Gasteiger partial charge in [-0.3, -0.25) is 9.59 Å². The fourth-order valence-electron chi connectivity index (χ4n) is 2.66. The van der Waals surface area contributed by atoms with Crippen molar-refractivity contribution in [2.75, 3.05) is 20.8 Å². The van der Waals surface area contributed by atoms with E-state index in [0.29, 0.717) is 11.5 Å². The van der Waals surface area contributed by atoms with Crippen LogP contribution in [0.5, 0.6) is 11.5 Å². The van der Waals surface area contributed by atoms with Crippen molar-refractivity contribution in [3.05, 3.63) is 23.8 Å². The van der Waals surface area contributed by atoms with Crippen molar-refractivity contribution in [2.45, 2.75) is 26.8 Å². The Morgan fingerprint density at radius 3 is 2.13 bits per heavy atom. The lowest BCUT2D eigenvalue weighted by Crippen LogP contribution is -2.37. The number of hydrogen-bond acceptors (Lipinski definition) is 4. The normalized spacial score (nSPS) is 18.2. The summed E-state index contributed by atoms with van der Waals surface area (Å²) < 4.78 is 10.4. The van der Waals surface area contributed by atoms with Crippen LogP contribution in [-0.2, 0) is 16.1 Å². The molecule has 1 aliphatic carbocycles. The maximum Gasteiger partial charge on any atom is 0.323 e. The van der Waals surface area contributed by atoms with E-state index in [0.717, 1.165) is 12.0 Å². The van der Waals surface area contributed by atoms with Crippen LogP contribution in [0.2, 0.25) is 0 Å². The van der Waals surface area contributed by atoms with Crippen molar-refractivity contribution >= 4 is 11.9 Å². The van der Waals surface area contributed by atoms with Gasteiger partial charge in [-0.15, -0.1) is 0 Å². The number of carboxylic acids is 1. The monoisotopic (exact) mass is 321 g/mol. The summed E-state index contributed by atoms with van der Waals surface area (Å²) in [7, 11) is 3.09. The minimum atomic E-state index is -1.02. The topological polar surface area (TPSA) is 76.1 Å². The molecule has 2 rings (SSSR count). The fourth-order valence-corrected chi connectivity index (χ4v) is 2.66. The maximum atomic E-state index is 12.6. The number of hydrogen-bond donors (Lipinski definition) is 1. The molecule has 1 aromatic rings. The van der Waals surface area contributed by atoms with Crippen molar-refractivity contribution in [1.29, 1.82) is 0 Å². The number of ether oxygens (including phenoxy) is 2. The smallest absolute Gasteiger partial charge is 0.323 e. The molecule has 1 aromatic carbocycles. The Labute approximate surface area is 136 Å². The first-order chi connectivity index (χ1) is 10.8. The Hall–Kier alpha value is -2.24. The lowest BCUT2D eigenvalue weighted by atomic mass is 10.1. The quantitative estimate of drug-likeness (QED) is 0.833. The third-order valence-corrected chi connectivity index (χ3v) is 4.23. The molecule has 1 fully saturated rings. The van der Waals surface area contributed by atoms with Gasteiger partial charge >= 0.3 is 5.97 Å². The highest BCUT2D eigenvalue weighted by Crippen LogP contribution is 2.52. The standard InChI is InChI=1S/C17H23NO5/c1-17(2)8-14(17)16(21)18(10-15(19)20)9-11-5-12(22-3)7-13(6-11)23-4/h5-7,14H,8-10H2,1-4H3,(H,19,20)/t14-/m1/s1. The molecular weight excluding hydrogens is 298 g/mol. The van der Waals surface area contributed by atoms with Crippen molar-refractivity contribution in [1.82, 2.24) is 4.90 Å². The van der Waals surface area contributed by atoms with Gasteiger partial charge in [-0.05, 0) is 29.5 Å². The SMILES string of the molecule is COc1cc(CN(CC(=O)O)C(=O)[C@H]2CC2(C)C)cc(OC)c1. The van der Waals surface area contributed by atoms with Crippen LogP contribution in [0.4, 0.5) is 0 Å². The summed E-state index contributed by atoms with van der Waals surface area (Å²) in [5.74, 6) is -0.0251. The Balaban J connectivity index is 2.20. The molecule has 1 amide bonds. The summed E-state index contributed by atoms with van der Waals surface area (Å²) in [6, 6.07) is 5.29. The van der Waals surface area contributed by atoms with Gasteiger partial charge in [0.25, 0.3) is 0 Å². The number of carbonyl (C=O) groups excluding carboxylic acids is 1. The highest BCUT2D eigenvalue weighted by molar-refractivity contribution is 5.85. The van der Waals surface area contributed by atoms with E-state index < -0.39 is 5.97 Å². The molecule has 0 saturated heterocycles. The molecule has 1 atom stereocenters. The summed E-state index contributed by atoms with van der Waals surface area (Å²) in [6.45, 7) is 3.93. The summed E-state index contributed by atoms with van der Waals surface area (Å²) >= 11 is 0. The maximum absolute atomic E-state index is 12.6. The van der Waals surface area contributed by atoms with Crippen LogP contribution >= 0.6 is 0 Å². The van der Waals surface area contributed by atoms with Crippen molar-refractivity contribution in [2.24, 2.45) is 11.3 Å². The zero-order valence-electron chi connectivity index (χ0n) is 14.0. The molecule has 0 bridgehead atoms. The molecule has 0 aliphatic heterocycles. The van der Waals surface area contributed by atoms with Crippen LogP contribution in [0.3, 0.4) is 0 Å². The Morgan fingerprint density at radius 2 is 1.74 bits per heavy atom. The summed E-state index contributed by atoms with van der Waals surface area (Å²) in [5, 5.41) is 9.10. The second-order valence-corrected chi connectivity index (χ2v) is 6.55. The van der Waals surface area contributed by atoms with Gasteiger partial charge in [0.05, 0.1) is 14.2 Å². The average molecular weight is 321 g/mol. The highest BCUT2D eigenvalue weighted by atomic mass is 16.5. The molecule has 126 valence electrons. The molecule has 1 aliphatic rings. The Kier molecular flexibility index (Phi) is 4.82. The number of aliphatic carboxylic acids is 1. The second kappa shape index (κ2) is 6.48. The number of carbonyl (C=O) groups is 2. The molecule has 23 heavy (non-hydrogen) atoms. The van der Waals surface area contributed by atoms with E-state index >= 15 is 0 Å². The minimum absolute atomic E-state index is 0.0418. The van der Waals surface area contributed by atoms with Crippen LogP contribution in [0, 0.1) is 11.3 Å². The zero-order valence-corrected chi connectivity index (χ0v) is 14.0. The lowest BCUT2D eigenvalue weighted by Gasteiger charge is -2.22. The number of benzene rings is 1. The van der Waals surface area contributed by atoms with E-state index in [1.165, 1.54) is 4.90 Å². The van der Waals surface area contributed by atoms with Gasteiger partial charge in [0.2, 0.25) is 5.91 Å². The molecule has 0 unspecified atom stereocenters. The molecule has 0 heterocycles. The fraction of sp³-hybridized carbons (Fsp3) is 0.529. The van der Waals surface area contributed by atoms with Crippen LogP contribution in [0.15, 0.2) is 18.2 Å². The molecule has 0 aromatic heterocycles. The first-order valence-corrected chi connectivity index (χ1v) is 7.49. The number of rotatable bonds is 7. The van der Waals surface area contributed by atoms with Gasteiger partial charge < -0.3 is 19.5 Å². The third-order valence-electron chi connectivity index (χ3n) is 4.23. The van der Waals surface area contributed by atoms with Gasteiger partial charge in [-0.1, -0.05) is 13.8 Å². The first-order valence-electron chi connectivity index (χ1n) is 7.49. The molecule has 6 heteroatoms. The molecular formula is C17H23NO5. The second-order valence-electron chi connectivity index (χ2n) is 6.55. The predicted octanol–water partition coefficient (Wildman–Crippen LogP) is 2.16. The van der Waals surface area contributed by atoms with Crippen molar-refractivity contribution in [3.8, 4) is 11.5 Å². The van der Waals surface area contributed by atoms with Crippen LogP contribution in [0.1, 0.15) is 25.8 Å². The van der Waals surface area contributed by atoms with Gasteiger partial charge in [0, 0.05) is 18.5 Å². The number of amides is 1. The Morgan fingerprint density at radius 1 is 1.22 bits per heavy atom. The van der Waals surface area contributed by atoms with Gasteiger partial charge in [-0.25, -0.2) is 0 Å². The van der Waals surface area contributed by atoms with Crippen molar-refractivity contribution < 1.29 is 24.2 Å². The van der Waals surface area contributed by atoms with Crippen LogP contribution in [0.25, 0.3) is 0 Å². The summed E-state index contributed by atoms with van der Waals surface area (Å²) in [4.78, 5) is 25.1. The van der Waals surface area contributed by atoms with Gasteiger partial charge in [-0.2, -0.15) is 0 Å². The van der Waals surface area contributed by atoms with E-state index in [9.17, 15) is 9.59 Å².